The van der Waals surface area contributed by atoms with E-state index in [1.54, 1.807) is 0 Å². The molecule has 0 aromatic carbocycles. The number of urea groups is 1. The summed E-state index contributed by atoms with van der Waals surface area (Å²) in [5.74, 6) is -2.38. The number of hydrogen-bond acceptors (Lipinski definition) is 6. The Morgan fingerprint density at radius 2 is 1.22 bits per heavy atom. The molecule has 2 unspecified atom stereocenters. The lowest BCUT2D eigenvalue weighted by Gasteiger charge is -2.30. The van der Waals surface area contributed by atoms with Gasteiger partial charge in [-0.1, -0.05) is 13.2 Å². The lowest BCUT2D eigenvalue weighted by Crippen LogP contribution is -2.48. The summed E-state index contributed by atoms with van der Waals surface area (Å²) in [5, 5.41) is 34.5. The first-order valence-electron chi connectivity index (χ1n) is 7.80. The van der Waals surface area contributed by atoms with Gasteiger partial charge < -0.3 is 20.4 Å². The second kappa shape index (κ2) is 10.4. The summed E-state index contributed by atoms with van der Waals surface area (Å²) in [6.07, 6.45) is -2.26. The number of carboxylic acid groups (broad SMARTS) is 2. The predicted octanol–water partition coefficient (Wildman–Crippen LogP) is 1.00. The van der Waals surface area contributed by atoms with Gasteiger partial charge in [-0.2, -0.15) is 0 Å². The monoisotopic (exact) mass is 388 g/mol. The van der Waals surface area contributed by atoms with Crippen molar-refractivity contribution < 1.29 is 39.6 Å². The van der Waals surface area contributed by atoms with Crippen LogP contribution in [0.5, 0.6) is 0 Å². The Hall–Kier alpha value is -2.72. The van der Waals surface area contributed by atoms with Crippen molar-refractivity contribution in [2.45, 2.75) is 59.5 Å². The molecule has 27 heavy (non-hydrogen) atoms. The van der Waals surface area contributed by atoms with Crippen molar-refractivity contribution >= 4 is 23.9 Å². The normalized spacial score (nSPS) is 17.0. The van der Waals surface area contributed by atoms with Crippen molar-refractivity contribution in [3.05, 3.63) is 24.3 Å². The Kier molecular flexibility index (Phi) is 10.2. The summed E-state index contributed by atoms with van der Waals surface area (Å²) >= 11 is 0. The van der Waals surface area contributed by atoms with E-state index in [-0.39, 0.29) is 11.1 Å². The molecule has 0 spiro atoms. The number of hydrogen-bond donors (Lipinski definition) is 4. The largest absolute Gasteiger partial charge is 0.478 e. The standard InChI is InChI=1S/C9H16N2O4.2C4H6O2/c1-5(12)10-7(14)9(3,4)11(6(2)13)8(10)15;2*1-3(2)4(5)6/h5-6,12-13H,1-4H3;2*1H2,2H3,(H,5,6). The molecule has 1 rings (SSSR count). The Bertz CT molecular complexity index is 574. The molecule has 0 saturated carbocycles. The Labute approximate surface area is 158 Å². The number of amides is 3. The lowest BCUT2D eigenvalue weighted by molar-refractivity contribution is -0.139. The van der Waals surface area contributed by atoms with Gasteiger partial charge in [0.05, 0.1) is 0 Å². The first-order chi connectivity index (χ1) is 12.0. The number of aliphatic hydroxyl groups is 2. The first-order valence-corrected chi connectivity index (χ1v) is 7.80. The van der Waals surface area contributed by atoms with Crippen LogP contribution < -0.4 is 0 Å². The number of imide groups is 1. The smallest absolute Gasteiger partial charge is 0.331 e. The van der Waals surface area contributed by atoms with Gasteiger partial charge in [-0.15, -0.1) is 0 Å². The maximum atomic E-state index is 11.8. The molecule has 10 nitrogen and oxygen atoms in total. The molecule has 1 fully saturated rings. The van der Waals surface area contributed by atoms with Gasteiger partial charge in [0.2, 0.25) is 0 Å². The summed E-state index contributed by atoms with van der Waals surface area (Å²) < 4.78 is 0. The number of carbonyl (C=O) groups is 4. The summed E-state index contributed by atoms with van der Waals surface area (Å²) in [6, 6.07) is -0.671. The molecule has 0 radical (unpaired) electrons. The number of nitrogens with zero attached hydrogens (tertiary/aromatic N) is 2. The van der Waals surface area contributed by atoms with Gasteiger partial charge in [-0.25, -0.2) is 19.3 Å². The number of aliphatic carboxylic acids is 2. The van der Waals surface area contributed by atoms with Crippen LogP contribution in [0.3, 0.4) is 0 Å². The number of aliphatic hydroxyl groups excluding tert-OH is 2. The second-order valence-corrected chi connectivity index (χ2v) is 6.32. The third kappa shape index (κ3) is 7.59. The summed E-state index contributed by atoms with van der Waals surface area (Å²) in [7, 11) is 0. The van der Waals surface area contributed by atoms with Crippen LogP contribution in [0, 0.1) is 0 Å². The van der Waals surface area contributed by atoms with Crippen molar-refractivity contribution in [3.63, 3.8) is 0 Å². The zero-order valence-corrected chi connectivity index (χ0v) is 16.4. The van der Waals surface area contributed by atoms with Crippen LogP contribution in [-0.2, 0) is 14.4 Å². The third-order valence-corrected chi connectivity index (χ3v) is 3.23. The molecule has 0 bridgehead atoms. The molecule has 1 aliphatic rings. The molecule has 154 valence electrons. The first kappa shape index (κ1) is 26.5. The molecule has 10 heteroatoms. The molecule has 3 amide bonds. The van der Waals surface area contributed by atoms with Crippen LogP contribution in [0.1, 0.15) is 41.5 Å². The van der Waals surface area contributed by atoms with E-state index in [1.165, 1.54) is 41.5 Å². The average molecular weight is 388 g/mol. The molecule has 0 aromatic rings. The Balaban J connectivity index is 0. The van der Waals surface area contributed by atoms with Gasteiger partial charge in [-0.05, 0) is 41.5 Å². The maximum absolute atomic E-state index is 11.8. The van der Waals surface area contributed by atoms with Crippen LogP contribution in [0.4, 0.5) is 4.79 Å². The predicted molar refractivity (Wildman–Crippen MR) is 96.4 cm³/mol. The fraction of sp³-hybridized carbons (Fsp3) is 0.529. The fourth-order valence-corrected chi connectivity index (χ4v) is 1.80. The van der Waals surface area contributed by atoms with E-state index in [4.69, 9.17) is 10.2 Å². The van der Waals surface area contributed by atoms with Gasteiger partial charge in [0, 0.05) is 11.1 Å². The van der Waals surface area contributed by atoms with Gasteiger partial charge >= 0.3 is 18.0 Å². The zero-order chi connectivity index (χ0) is 22.3. The molecule has 1 aliphatic heterocycles. The molecular formula is C17H28N2O8. The van der Waals surface area contributed by atoms with Crippen LogP contribution in [0.15, 0.2) is 24.3 Å². The number of carbonyl (C=O) groups excluding carboxylic acids is 2. The van der Waals surface area contributed by atoms with Crippen molar-refractivity contribution in [2.75, 3.05) is 0 Å². The van der Waals surface area contributed by atoms with E-state index in [1.807, 2.05) is 0 Å². The second-order valence-electron chi connectivity index (χ2n) is 6.32. The van der Waals surface area contributed by atoms with E-state index in [0.29, 0.717) is 0 Å². The summed E-state index contributed by atoms with van der Waals surface area (Å²) in [6.45, 7) is 15.0. The fourth-order valence-electron chi connectivity index (χ4n) is 1.80. The van der Waals surface area contributed by atoms with Gasteiger partial charge in [-0.3, -0.25) is 9.69 Å². The van der Waals surface area contributed by atoms with E-state index in [0.717, 1.165) is 9.80 Å². The van der Waals surface area contributed by atoms with Crippen LogP contribution in [-0.4, -0.2) is 72.1 Å². The quantitative estimate of drug-likeness (QED) is 0.410. The number of rotatable bonds is 4. The number of carboxylic acids is 2. The van der Waals surface area contributed by atoms with Crippen molar-refractivity contribution in [1.82, 2.24) is 9.80 Å². The highest BCUT2D eigenvalue weighted by Gasteiger charge is 2.54. The third-order valence-electron chi connectivity index (χ3n) is 3.23. The van der Waals surface area contributed by atoms with Gasteiger partial charge in [0.15, 0.2) is 0 Å². The van der Waals surface area contributed by atoms with Crippen molar-refractivity contribution in [3.8, 4) is 0 Å². The maximum Gasteiger partial charge on any atom is 0.331 e. The van der Waals surface area contributed by atoms with Crippen molar-refractivity contribution in [2.24, 2.45) is 0 Å². The van der Waals surface area contributed by atoms with Crippen LogP contribution in [0.25, 0.3) is 0 Å². The van der Waals surface area contributed by atoms with Gasteiger partial charge in [0.1, 0.15) is 18.0 Å². The molecule has 1 saturated heterocycles. The Morgan fingerprint density at radius 3 is 1.33 bits per heavy atom. The van der Waals surface area contributed by atoms with Crippen molar-refractivity contribution in [1.29, 1.82) is 0 Å². The molecule has 0 aromatic heterocycles. The van der Waals surface area contributed by atoms with Gasteiger partial charge in [0.25, 0.3) is 5.91 Å². The SMILES string of the molecule is C=C(C)C(=O)O.C=C(C)C(=O)O.CC(O)N1C(=O)N(C(C)O)C(C)(C)C1=O. The highest BCUT2D eigenvalue weighted by Crippen LogP contribution is 2.29. The lowest BCUT2D eigenvalue weighted by atomic mass is 10.0. The zero-order valence-electron chi connectivity index (χ0n) is 16.4. The Morgan fingerprint density at radius 1 is 0.926 bits per heavy atom. The molecule has 2 atom stereocenters. The highest BCUT2D eigenvalue weighted by molar-refractivity contribution is 6.06. The molecule has 1 heterocycles. The van der Waals surface area contributed by atoms with E-state index >= 15 is 0 Å². The van der Waals surface area contributed by atoms with E-state index < -0.39 is 41.9 Å². The molecule has 0 aliphatic carbocycles. The van der Waals surface area contributed by atoms with E-state index in [9.17, 15) is 29.4 Å². The minimum absolute atomic E-state index is 0.176. The van der Waals surface area contributed by atoms with Crippen LogP contribution >= 0.6 is 0 Å². The minimum atomic E-state index is -1.19. The minimum Gasteiger partial charge on any atom is -0.478 e. The summed E-state index contributed by atoms with van der Waals surface area (Å²) in [5.41, 5.74) is -0.771. The molecule has 4 N–H and O–H groups in total. The van der Waals surface area contributed by atoms with E-state index in [2.05, 4.69) is 13.2 Å². The molecular weight excluding hydrogens is 360 g/mol. The highest BCUT2D eigenvalue weighted by atomic mass is 16.4. The summed E-state index contributed by atoms with van der Waals surface area (Å²) in [4.78, 5) is 44.5. The topological polar surface area (TPSA) is 156 Å². The average Bonchev–Trinajstić information content (AvgIpc) is 2.65. The van der Waals surface area contributed by atoms with Crippen LogP contribution in [0.2, 0.25) is 0 Å².